The van der Waals surface area contributed by atoms with Crippen molar-refractivity contribution < 1.29 is 68.2 Å². The fourth-order valence-corrected chi connectivity index (χ4v) is 4.59. The van der Waals surface area contributed by atoms with Crippen LogP contribution in [-0.4, -0.2) is 153 Å². The molecule has 14 nitrogen and oxygen atoms in total. The summed E-state index contributed by atoms with van der Waals surface area (Å²) in [5, 5.41) is 52.1. The smallest absolute Gasteiger partial charge is 0.190 e. The number of ether oxygens (including phenoxy) is 9. The standard InChI is InChI=1S/C21H38O14/c1-8-15(28-3)12(24)13(25)19(32-8)34-16-10(7-27-2)33-21(18(30-5)14(16)26)35-20-17(29-4)11(23)9(22)6-31-20/h8-26H,6-7H2,1-5H3/t8-,9+,10-,11+,12+,13-,14-,15+,16-,17-,18-,19+,20+,21+/m1/s1. The maximum absolute atomic E-state index is 11.1. The average molecular weight is 515 g/mol. The van der Waals surface area contributed by atoms with E-state index in [2.05, 4.69) is 0 Å². The van der Waals surface area contributed by atoms with Gasteiger partial charge in [-0.25, -0.2) is 0 Å². The maximum Gasteiger partial charge on any atom is 0.190 e. The molecular formula is C21H38O14. The van der Waals surface area contributed by atoms with Crippen molar-refractivity contribution in [2.24, 2.45) is 0 Å². The SMILES string of the molecule is COC[C@H]1O[C@@H](O[C@@H]2OC[C@H](O)[C@H](O)[C@H]2OC)[C@H](OC)[C@H](O)[C@@H]1O[C@@H]1O[C@H](C)[C@H](OC)[C@@H](O)[C@H]1O. The Balaban J connectivity index is 1.75. The number of hydrogen-bond acceptors (Lipinski definition) is 14. The summed E-state index contributed by atoms with van der Waals surface area (Å²) in [7, 11) is 5.47. The van der Waals surface area contributed by atoms with Crippen molar-refractivity contribution in [2.45, 2.75) is 92.9 Å². The summed E-state index contributed by atoms with van der Waals surface area (Å²) in [4.78, 5) is 0. The van der Waals surface area contributed by atoms with E-state index < -0.39 is 86.0 Å². The van der Waals surface area contributed by atoms with E-state index >= 15 is 0 Å². The van der Waals surface area contributed by atoms with Gasteiger partial charge in [0.1, 0.15) is 61.0 Å². The van der Waals surface area contributed by atoms with E-state index in [4.69, 9.17) is 42.6 Å². The predicted molar refractivity (Wildman–Crippen MR) is 113 cm³/mol. The van der Waals surface area contributed by atoms with Gasteiger partial charge in [0.25, 0.3) is 0 Å². The molecule has 3 aliphatic heterocycles. The van der Waals surface area contributed by atoms with Crippen molar-refractivity contribution in [1.82, 2.24) is 0 Å². The quantitative estimate of drug-likeness (QED) is 0.206. The lowest BCUT2D eigenvalue weighted by Gasteiger charge is -2.48. The van der Waals surface area contributed by atoms with Crippen LogP contribution in [-0.2, 0) is 42.6 Å². The van der Waals surface area contributed by atoms with Crippen LogP contribution in [0.1, 0.15) is 6.92 Å². The molecule has 0 aromatic carbocycles. The molecule has 0 radical (unpaired) electrons. The molecule has 14 heteroatoms. The Labute approximate surface area is 203 Å². The van der Waals surface area contributed by atoms with Crippen molar-refractivity contribution in [3.8, 4) is 0 Å². The normalized spacial score (nSPS) is 49.2. The zero-order valence-electron chi connectivity index (χ0n) is 20.4. The van der Waals surface area contributed by atoms with Crippen LogP contribution < -0.4 is 0 Å². The Morgan fingerprint density at radius 1 is 0.657 bits per heavy atom. The number of aliphatic hydroxyl groups excluding tert-OH is 5. The Hall–Kier alpha value is -0.560. The first-order valence-corrected chi connectivity index (χ1v) is 11.4. The van der Waals surface area contributed by atoms with Crippen LogP contribution in [0.25, 0.3) is 0 Å². The van der Waals surface area contributed by atoms with E-state index in [9.17, 15) is 25.5 Å². The highest BCUT2D eigenvalue weighted by Gasteiger charge is 2.52. The molecular weight excluding hydrogens is 476 g/mol. The highest BCUT2D eigenvalue weighted by Crippen LogP contribution is 2.33. The van der Waals surface area contributed by atoms with Crippen LogP contribution >= 0.6 is 0 Å². The first-order chi connectivity index (χ1) is 16.7. The first-order valence-electron chi connectivity index (χ1n) is 11.4. The largest absolute Gasteiger partial charge is 0.388 e. The summed E-state index contributed by atoms with van der Waals surface area (Å²) in [6.07, 6.45) is -15.8. The van der Waals surface area contributed by atoms with Gasteiger partial charge in [-0.3, -0.25) is 0 Å². The molecule has 0 bridgehead atoms. The molecule has 3 fully saturated rings. The predicted octanol–water partition coefficient (Wildman–Crippen LogP) is -3.29. The fraction of sp³-hybridized carbons (Fsp3) is 1.00. The van der Waals surface area contributed by atoms with Crippen molar-refractivity contribution in [2.75, 3.05) is 41.7 Å². The van der Waals surface area contributed by atoms with E-state index in [0.717, 1.165) is 0 Å². The third kappa shape index (κ3) is 6.13. The van der Waals surface area contributed by atoms with Gasteiger partial charge in [0, 0.05) is 28.4 Å². The summed E-state index contributed by atoms with van der Waals surface area (Å²) >= 11 is 0. The zero-order chi connectivity index (χ0) is 25.9. The van der Waals surface area contributed by atoms with Gasteiger partial charge in [0.2, 0.25) is 0 Å². The van der Waals surface area contributed by atoms with Gasteiger partial charge >= 0.3 is 0 Å². The van der Waals surface area contributed by atoms with Gasteiger partial charge in [-0.2, -0.15) is 0 Å². The molecule has 0 spiro atoms. The van der Waals surface area contributed by atoms with Crippen LogP contribution in [0.2, 0.25) is 0 Å². The molecule has 0 aromatic rings. The molecule has 206 valence electrons. The second-order valence-corrected chi connectivity index (χ2v) is 8.78. The third-order valence-corrected chi connectivity index (χ3v) is 6.53. The van der Waals surface area contributed by atoms with Crippen LogP contribution in [0.15, 0.2) is 0 Å². The molecule has 5 N–H and O–H groups in total. The van der Waals surface area contributed by atoms with E-state index in [1.165, 1.54) is 28.4 Å². The molecule has 0 saturated carbocycles. The molecule has 3 rings (SSSR count). The second-order valence-electron chi connectivity index (χ2n) is 8.78. The summed E-state index contributed by atoms with van der Waals surface area (Å²) in [5.74, 6) is 0. The van der Waals surface area contributed by atoms with Crippen molar-refractivity contribution in [3.05, 3.63) is 0 Å². The molecule has 3 heterocycles. The number of methoxy groups -OCH3 is 4. The first kappa shape index (κ1) is 29.0. The molecule has 0 aliphatic carbocycles. The van der Waals surface area contributed by atoms with Gasteiger partial charge < -0.3 is 68.2 Å². The van der Waals surface area contributed by atoms with Crippen molar-refractivity contribution in [1.29, 1.82) is 0 Å². The van der Waals surface area contributed by atoms with E-state index in [1.54, 1.807) is 6.92 Å². The monoisotopic (exact) mass is 514 g/mol. The van der Waals surface area contributed by atoms with Crippen molar-refractivity contribution in [3.63, 3.8) is 0 Å². The lowest BCUT2D eigenvalue weighted by atomic mass is 9.97. The highest BCUT2D eigenvalue weighted by molar-refractivity contribution is 4.95. The minimum absolute atomic E-state index is 0.0415. The number of hydrogen-bond donors (Lipinski definition) is 5. The van der Waals surface area contributed by atoms with Gasteiger partial charge in [-0.15, -0.1) is 0 Å². The van der Waals surface area contributed by atoms with Gasteiger partial charge in [-0.1, -0.05) is 0 Å². The zero-order valence-corrected chi connectivity index (χ0v) is 20.4. The van der Waals surface area contributed by atoms with E-state index in [-0.39, 0.29) is 13.2 Å². The summed E-state index contributed by atoms with van der Waals surface area (Å²) in [5.41, 5.74) is 0. The van der Waals surface area contributed by atoms with Crippen LogP contribution in [0.3, 0.4) is 0 Å². The maximum atomic E-state index is 11.1. The molecule has 35 heavy (non-hydrogen) atoms. The van der Waals surface area contributed by atoms with Crippen LogP contribution in [0.4, 0.5) is 0 Å². The van der Waals surface area contributed by atoms with Crippen molar-refractivity contribution >= 4 is 0 Å². The molecule has 14 atom stereocenters. The fourth-order valence-electron chi connectivity index (χ4n) is 4.59. The Kier molecular flexibility index (Phi) is 10.6. The molecule has 3 saturated heterocycles. The van der Waals surface area contributed by atoms with E-state index in [0.29, 0.717) is 0 Å². The second kappa shape index (κ2) is 12.8. The van der Waals surface area contributed by atoms with Crippen LogP contribution in [0, 0.1) is 0 Å². The van der Waals surface area contributed by atoms with Gasteiger partial charge in [0.15, 0.2) is 18.9 Å². The minimum atomic E-state index is -1.47. The lowest BCUT2D eigenvalue weighted by Crippen LogP contribution is -2.65. The average Bonchev–Trinajstić information content (AvgIpc) is 2.82. The van der Waals surface area contributed by atoms with Gasteiger partial charge in [-0.05, 0) is 6.92 Å². The topological polar surface area (TPSA) is 184 Å². The minimum Gasteiger partial charge on any atom is -0.388 e. The van der Waals surface area contributed by atoms with Crippen LogP contribution in [0.5, 0.6) is 0 Å². The Morgan fingerprint density at radius 3 is 1.89 bits per heavy atom. The number of rotatable bonds is 9. The molecule has 0 unspecified atom stereocenters. The van der Waals surface area contributed by atoms with E-state index in [1.807, 2.05) is 0 Å². The Morgan fingerprint density at radius 2 is 1.29 bits per heavy atom. The van der Waals surface area contributed by atoms with Gasteiger partial charge in [0.05, 0.1) is 19.3 Å². The lowest BCUT2D eigenvalue weighted by molar-refractivity contribution is -0.387. The molecule has 0 aromatic heterocycles. The highest BCUT2D eigenvalue weighted by atomic mass is 16.8. The third-order valence-electron chi connectivity index (χ3n) is 6.53. The summed E-state index contributed by atoms with van der Waals surface area (Å²) in [6, 6.07) is 0. The summed E-state index contributed by atoms with van der Waals surface area (Å²) in [6.45, 7) is 1.41. The molecule has 0 amide bonds. The number of aliphatic hydroxyl groups is 5. The summed E-state index contributed by atoms with van der Waals surface area (Å²) < 4.78 is 49.9. The molecule has 3 aliphatic rings. The Bertz CT molecular complexity index is 639.